The lowest BCUT2D eigenvalue weighted by Crippen LogP contribution is -2.36. The molecule has 1 aromatic carbocycles. The molecule has 0 radical (unpaired) electrons. The topological polar surface area (TPSA) is 109 Å². The highest BCUT2D eigenvalue weighted by Gasteiger charge is 2.20. The molecule has 5 rings (SSSR count). The largest absolute Gasteiger partial charge is 0.380 e. The Morgan fingerprint density at radius 3 is 2.97 bits per heavy atom. The van der Waals surface area contributed by atoms with Gasteiger partial charge in [-0.05, 0) is 30.7 Å². The summed E-state index contributed by atoms with van der Waals surface area (Å²) in [5.41, 5.74) is 3.20. The molecule has 1 aliphatic rings. The molecule has 3 aromatic heterocycles. The van der Waals surface area contributed by atoms with Gasteiger partial charge in [0.25, 0.3) is 0 Å². The van der Waals surface area contributed by atoms with Gasteiger partial charge in [0, 0.05) is 48.8 Å². The Labute approximate surface area is 184 Å². The van der Waals surface area contributed by atoms with E-state index in [0.717, 1.165) is 32.9 Å². The number of aromatic amines is 1. The van der Waals surface area contributed by atoms with E-state index >= 15 is 0 Å². The van der Waals surface area contributed by atoms with E-state index in [0.29, 0.717) is 44.2 Å². The number of nitrogens with one attached hydrogen (secondary N) is 2. The van der Waals surface area contributed by atoms with Gasteiger partial charge >= 0.3 is 0 Å². The van der Waals surface area contributed by atoms with Crippen molar-refractivity contribution in [2.24, 2.45) is 0 Å². The van der Waals surface area contributed by atoms with Gasteiger partial charge in [0.2, 0.25) is 5.91 Å². The molecule has 0 unspecified atom stereocenters. The van der Waals surface area contributed by atoms with Crippen molar-refractivity contribution in [1.82, 2.24) is 25.4 Å². The molecule has 1 saturated heterocycles. The van der Waals surface area contributed by atoms with E-state index in [2.05, 4.69) is 42.5 Å². The Hall–Kier alpha value is -4.03. The number of rotatable bonds is 2. The lowest BCUT2D eigenvalue weighted by atomic mass is 10.1. The highest BCUT2D eigenvalue weighted by atomic mass is 16.5. The van der Waals surface area contributed by atoms with Crippen molar-refractivity contribution >= 4 is 39.3 Å². The molecular weight excluding hydrogens is 406 g/mol. The van der Waals surface area contributed by atoms with Crippen LogP contribution in [0.25, 0.3) is 21.8 Å². The number of hydrogen-bond donors (Lipinski definition) is 2. The van der Waals surface area contributed by atoms with Crippen LogP contribution in [0, 0.1) is 11.8 Å². The van der Waals surface area contributed by atoms with Gasteiger partial charge in [0.05, 0.1) is 24.2 Å². The third-order valence-corrected chi connectivity index (χ3v) is 5.38. The zero-order valence-electron chi connectivity index (χ0n) is 17.6. The molecular formula is C23H21N7O2. The first-order valence-corrected chi connectivity index (χ1v) is 10.4. The number of aromatic nitrogens is 5. The molecule has 0 saturated carbocycles. The van der Waals surface area contributed by atoms with Crippen molar-refractivity contribution in [3.05, 3.63) is 47.8 Å². The summed E-state index contributed by atoms with van der Waals surface area (Å²) < 4.78 is 5.56. The molecule has 9 nitrogen and oxygen atoms in total. The number of hydrogen-bond acceptors (Lipinski definition) is 7. The van der Waals surface area contributed by atoms with Crippen LogP contribution in [-0.4, -0.2) is 58.1 Å². The number of benzene rings is 1. The Kier molecular flexibility index (Phi) is 5.35. The molecule has 1 fully saturated rings. The minimum atomic E-state index is 0.0529. The smallest absolute Gasteiger partial charge is 0.228 e. The van der Waals surface area contributed by atoms with Crippen LogP contribution in [0.5, 0.6) is 0 Å². The number of nitrogens with zero attached hydrogens (tertiary/aromatic N) is 5. The fourth-order valence-electron chi connectivity index (χ4n) is 3.72. The van der Waals surface area contributed by atoms with Crippen molar-refractivity contribution in [2.45, 2.75) is 12.8 Å². The van der Waals surface area contributed by atoms with Crippen LogP contribution in [0.15, 0.2) is 36.7 Å². The number of anilines is 2. The predicted molar refractivity (Wildman–Crippen MR) is 121 cm³/mol. The summed E-state index contributed by atoms with van der Waals surface area (Å²) in [6.07, 6.45) is 4.63. The van der Waals surface area contributed by atoms with Gasteiger partial charge in [0.15, 0.2) is 0 Å². The van der Waals surface area contributed by atoms with Crippen molar-refractivity contribution in [2.75, 3.05) is 37.0 Å². The molecule has 0 atom stereocenters. The van der Waals surface area contributed by atoms with Crippen LogP contribution in [0.2, 0.25) is 0 Å². The monoisotopic (exact) mass is 427 g/mol. The van der Waals surface area contributed by atoms with E-state index in [1.165, 1.54) is 0 Å². The number of amides is 1. The highest BCUT2D eigenvalue weighted by Crippen LogP contribution is 2.27. The van der Waals surface area contributed by atoms with Gasteiger partial charge in [-0.25, -0.2) is 9.97 Å². The Balaban J connectivity index is 1.58. The fraction of sp³-hybridized carbons (Fsp3) is 0.261. The molecule has 0 bridgehead atoms. The Morgan fingerprint density at radius 1 is 1.12 bits per heavy atom. The van der Waals surface area contributed by atoms with Gasteiger partial charge in [-0.1, -0.05) is 17.1 Å². The van der Waals surface area contributed by atoms with Gasteiger partial charge in [-0.2, -0.15) is 0 Å². The van der Waals surface area contributed by atoms with Crippen LogP contribution in [0.3, 0.4) is 0 Å². The van der Waals surface area contributed by atoms with Crippen LogP contribution in [0.4, 0.5) is 11.6 Å². The summed E-state index contributed by atoms with van der Waals surface area (Å²) >= 11 is 0. The summed E-state index contributed by atoms with van der Waals surface area (Å²) in [6.45, 7) is 1.57. The van der Waals surface area contributed by atoms with Gasteiger partial charge < -0.3 is 10.1 Å². The second-order valence-corrected chi connectivity index (χ2v) is 7.41. The summed E-state index contributed by atoms with van der Waals surface area (Å²) in [6, 6.07) is 7.59. The molecule has 2 N–H and O–H groups in total. The number of ether oxygens (including phenoxy) is 1. The van der Waals surface area contributed by atoms with Gasteiger partial charge in [0.1, 0.15) is 17.2 Å². The number of pyridine rings is 2. The van der Waals surface area contributed by atoms with E-state index in [9.17, 15) is 4.79 Å². The van der Waals surface area contributed by atoms with Crippen LogP contribution in [-0.2, 0) is 9.53 Å². The first-order valence-electron chi connectivity index (χ1n) is 10.4. The van der Waals surface area contributed by atoms with Crippen LogP contribution >= 0.6 is 0 Å². The van der Waals surface area contributed by atoms with Crippen molar-refractivity contribution in [3.63, 3.8) is 0 Å². The Morgan fingerprint density at radius 2 is 2.06 bits per heavy atom. The number of H-pyrrole nitrogens is 1. The van der Waals surface area contributed by atoms with Crippen molar-refractivity contribution < 1.29 is 9.53 Å². The molecule has 0 spiro atoms. The highest BCUT2D eigenvalue weighted by molar-refractivity contribution is 5.99. The molecule has 1 amide bonds. The van der Waals surface area contributed by atoms with E-state index in [1.807, 2.05) is 31.3 Å². The summed E-state index contributed by atoms with van der Waals surface area (Å²) in [5.74, 6) is 7.77. The minimum Gasteiger partial charge on any atom is -0.380 e. The quantitative estimate of drug-likeness (QED) is 0.473. The summed E-state index contributed by atoms with van der Waals surface area (Å²) in [4.78, 5) is 23.4. The summed E-state index contributed by atoms with van der Waals surface area (Å²) in [5, 5.41) is 15.5. The molecule has 0 aliphatic carbocycles. The fourth-order valence-corrected chi connectivity index (χ4v) is 3.72. The minimum absolute atomic E-state index is 0.0529. The molecule has 160 valence electrons. The van der Waals surface area contributed by atoms with Gasteiger partial charge in [-0.15, -0.1) is 5.10 Å². The third kappa shape index (κ3) is 3.84. The standard InChI is InChI=1S/C23H21N7O2/c1-24-23-18-14-25-21(30-8-10-32-9-2-3-22(30)31)12-17(18)16(13-26-23)6-4-15-5-7-19-20(11-15)28-29-27-19/h5,7,11-14H,2-3,8-10H2,1H3,(H,24,26)(H,27,28,29). The Bertz CT molecular complexity index is 1370. The average molecular weight is 427 g/mol. The maximum atomic E-state index is 12.7. The molecule has 1 aliphatic heterocycles. The second-order valence-electron chi connectivity index (χ2n) is 7.41. The van der Waals surface area contributed by atoms with Crippen molar-refractivity contribution in [3.8, 4) is 11.8 Å². The van der Waals surface area contributed by atoms with E-state index in [1.54, 1.807) is 17.3 Å². The van der Waals surface area contributed by atoms with Gasteiger partial charge in [-0.3, -0.25) is 14.8 Å². The molecule has 32 heavy (non-hydrogen) atoms. The van der Waals surface area contributed by atoms with E-state index in [-0.39, 0.29) is 5.91 Å². The third-order valence-electron chi connectivity index (χ3n) is 5.38. The van der Waals surface area contributed by atoms with E-state index < -0.39 is 0 Å². The zero-order chi connectivity index (χ0) is 21.9. The van der Waals surface area contributed by atoms with Crippen LogP contribution < -0.4 is 10.2 Å². The lowest BCUT2D eigenvalue weighted by molar-refractivity contribution is -0.119. The summed E-state index contributed by atoms with van der Waals surface area (Å²) in [7, 11) is 1.81. The first kappa shape index (κ1) is 19.9. The zero-order valence-corrected chi connectivity index (χ0v) is 17.6. The maximum Gasteiger partial charge on any atom is 0.228 e. The molecule has 4 aromatic rings. The lowest BCUT2D eigenvalue weighted by Gasteiger charge is -2.24. The number of carbonyl (C=O) groups is 1. The van der Waals surface area contributed by atoms with Crippen molar-refractivity contribution in [1.29, 1.82) is 0 Å². The second kappa shape index (κ2) is 8.61. The molecule has 4 heterocycles. The van der Waals surface area contributed by atoms with Crippen LogP contribution in [0.1, 0.15) is 24.0 Å². The normalized spacial score (nSPS) is 14.7. The number of fused-ring (bicyclic) bond motifs is 2. The SMILES string of the molecule is CNc1ncc(C#Cc2ccc3nn[nH]c3c2)c2cc(N3CCOCCCC3=O)ncc12. The number of carbonyl (C=O) groups excluding carboxylic acids is 1. The average Bonchev–Trinajstić information content (AvgIpc) is 3.28. The molecule has 9 heteroatoms. The first-order chi connectivity index (χ1) is 15.7. The maximum absolute atomic E-state index is 12.7. The van der Waals surface area contributed by atoms with E-state index in [4.69, 9.17) is 4.74 Å². The predicted octanol–water partition coefficient (Wildman–Crippen LogP) is 2.49.